The summed E-state index contributed by atoms with van der Waals surface area (Å²) in [5, 5.41) is 8.53. The molecule has 14 heavy (non-hydrogen) atoms. The maximum Gasteiger partial charge on any atom is 0.321 e. The number of hydrogen-bond acceptors (Lipinski definition) is 5. The number of aromatic nitrogens is 2. The molecule has 5 nitrogen and oxygen atoms in total. The molecule has 0 radical (unpaired) electrons. The first kappa shape index (κ1) is 10.3. The normalized spacial score (nSPS) is 11.6. The second kappa shape index (κ2) is 4.42. The highest BCUT2D eigenvalue weighted by molar-refractivity contribution is 5.17. The minimum absolute atomic E-state index is 0.163. The molecule has 0 aliphatic carbocycles. The van der Waals surface area contributed by atoms with Gasteiger partial charge in [-0.15, -0.1) is 0 Å². The molecular weight excluding hydrogens is 182 g/mol. The smallest absolute Gasteiger partial charge is 0.321 e. The number of hydrogen-bond donors (Lipinski definition) is 0. The van der Waals surface area contributed by atoms with Gasteiger partial charge in [0.1, 0.15) is 6.07 Å². The van der Waals surface area contributed by atoms with Gasteiger partial charge in [0, 0.05) is 11.8 Å². The number of nitriles is 1. The highest BCUT2D eigenvalue weighted by atomic mass is 16.5. The molecule has 0 aromatic carbocycles. The van der Waals surface area contributed by atoms with Gasteiger partial charge in [-0.25, -0.2) is 4.98 Å². The van der Waals surface area contributed by atoms with Crippen molar-refractivity contribution in [1.82, 2.24) is 9.97 Å². The van der Waals surface area contributed by atoms with E-state index >= 15 is 0 Å². The van der Waals surface area contributed by atoms with Gasteiger partial charge < -0.3 is 9.47 Å². The van der Waals surface area contributed by atoms with E-state index in [0.29, 0.717) is 5.88 Å². The number of nitrogens with zero attached hydrogens (tertiary/aromatic N) is 3. The van der Waals surface area contributed by atoms with Crippen molar-refractivity contribution in [2.24, 2.45) is 0 Å². The second-order valence-corrected chi connectivity index (χ2v) is 2.72. The van der Waals surface area contributed by atoms with Crippen LogP contribution in [0.4, 0.5) is 0 Å². The van der Waals surface area contributed by atoms with Crippen LogP contribution in [0.2, 0.25) is 0 Å². The first-order valence-electron chi connectivity index (χ1n) is 4.11. The van der Waals surface area contributed by atoms with Crippen molar-refractivity contribution < 1.29 is 9.47 Å². The van der Waals surface area contributed by atoms with E-state index in [1.807, 2.05) is 6.07 Å². The van der Waals surface area contributed by atoms with Gasteiger partial charge in [-0.05, 0) is 13.8 Å². The standard InChI is InChI=1S/C9H11N3O2/c1-6-4-8(13-3)12-9(11-6)14-7(2)5-10/h4,7H,1-3H3. The van der Waals surface area contributed by atoms with Gasteiger partial charge in [-0.3, -0.25) is 0 Å². The third-order valence-corrected chi connectivity index (χ3v) is 1.48. The molecule has 0 aliphatic rings. The van der Waals surface area contributed by atoms with E-state index in [2.05, 4.69) is 9.97 Å². The third-order valence-electron chi connectivity index (χ3n) is 1.48. The monoisotopic (exact) mass is 193 g/mol. The van der Waals surface area contributed by atoms with Crippen LogP contribution < -0.4 is 9.47 Å². The average molecular weight is 193 g/mol. The Morgan fingerprint density at radius 2 is 2.21 bits per heavy atom. The van der Waals surface area contributed by atoms with E-state index in [9.17, 15) is 0 Å². The molecule has 0 fully saturated rings. The quantitative estimate of drug-likeness (QED) is 0.718. The predicted molar refractivity (Wildman–Crippen MR) is 49.0 cm³/mol. The predicted octanol–water partition coefficient (Wildman–Crippen LogP) is 1.08. The maximum absolute atomic E-state index is 8.53. The van der Waals surface area contributed by atoms with E-state index in [4.69, 9.17) is 14.7 Å². The van der Waals surface area contributed by atoms with E-state index < -0.39 is 6.10 Å². The Kier molecular flexibility index (Phi) is 3.24. The molecule has 1 unspecified atom stereocenters. The molecule has 1 aromatic rings. The van der Waals surface area contributed by atoms with Crippen molar-refractivity contribution in [3.63, 3.8) is 0 Å². The Balaban J connectivity index is 2.87. The van der Waals surface area contributed by atoms with E-state index in [1.165, 1.54) is 7.11 Å². The molecule has 0 bridgehead atoms. The van der Waals surface area contributed by atoms with Gasteiger partial charge in [-0.2, -0.15) is 10.2 Å². The zero-order valence-electron chi connectivity index (χ0n) is 8.31. The van der Waals surface area contributed by atoms with Crippen molar-refractivity contribution in [1.29, 1.82) is 5.26 Å². The fraction of sp³-hybridized carbons (Fsp3) is 0.444. The molecule has 0 amide bonds. The van der Waals surface area contributed by atoms with Gasteiger partial charge >= 0.3 is 6.01 Å². The first-order chi connectivity index (χ1) is 6.65. The van der Waals surface area contributed by atoms with Crippen molar-refractivity contribution in [3.05, 3.63) is 11.8 Å². The summed E-state index contributed by atoms with van der Waals surface area (Å²) in [6.45, 7) is 3.42. The number of aryl methyl sites for hydroxylation is 1. The molecular formula is C9H11N3O2. The number of methoxy groups -OCH3 is 1. The molecule has 1 heterocycles. The van der Waals surface area contributed by atoms with Crippen LogP contribution in [0, 0.1) is 18.3 Å². The Bertz CT molecular complexity index is 360. The molecule has 5 heteroatoms. The van der Waals surface area contributed by atoms with E-state index in [-0.39, 0.29) is 6.01 Å². The van der Waals surface area contributed by atoms with Crippen LogP contribution in [0.5, 0.6) is 11.9 Å². The molecule has 1 atom stereocenters. The highest BCUT2D eigenvalue weighted by Gasteiger charge is 2.07. The van der Waals surface area contributed by atoms with Crippen LogP contribution in [-0.4, -0.2) is 23.2 Å². The maximum atomic E-state index is 8.53. The summed E-state index contributed by atoms with van der Waals surface area (Å²) in [7, 11) is 1.51. The van der Waals surface area contributed by atoms with Gasteiger partial charge in [0.2, 0.25) is 5.88 Å². The van der Waals surface area contributed by atoms with Crippen LogP contribution in [0.15, 0.2) is 6.07 Å². The molecule has 1 aromatic heterocycles. The van der Waals surface area contributed by atoms with Crippen LogP contribution in [-0.2, 0) is 0 Å². The molecule has 0 N–H and O–H groups in total. The fourth-order valence-corrected chi connectivity index (χ4v) is 0.855. The Hall–Kier alpha value is -1.83. The van der Waals surface area contributed by atoms with Crippen LogP contribution >= 0.6 is 0 Å². The van der Waals surface area contributed by atoms with Crippen molar-refractivity contribution in [2.75, 3.05) is 7.11 Å². The van der Waals surface area contributed by atoms with E-state index in [1.54, 1.807) is 19.9 Å². The van der Waals surface area contributed by atoms with Gasteiger partial charge in [0.15, 0.2) is 6.10 Å². The van der Waals surface area contributed by atoms with Crippen LogP contribution in [0.1, 0.15) is 12.6 Å². The lowest BCUT2D eigenvalue weighted by atomic mass is 10.4. The fourth-order valence-electron chi connectivity index (χ4n) is 0.855. The summed E-state index contributed by atoms with van der Waals surface area (Å²) in [6, 6.07) is 3.77. The lowest BCUT2D eigenvalue weighted by molar-refractivity contribution is 0.248. The number of ether oxygens (including phenoxy) is 2. The summed E-state index contributed by atoms with van der Waals surface area (Å²) in [5.41, 5.74) is 0.733. The van der Waals surface area contributed by atoms with Gasteiger partial charge in [0.25, 0.3) is 0 Å². The van der Waals surface area contributed by atoms with Gasteiger partial charge in [0.05, 0.1) is 7.11 Å². The zero-order valence-corrected chi connectivity index (χ0v) is 8.31. The molecule has 1 rings (SSSR count). The molecule has 74 valence electrons. The van der Waals surface area contributed by atoms with Crippen LogP contribution in [0.3, 0.4) is 0 Å². The molecule has 0 spiro atoms. The highest BCUT2D eigenvalue weighted by Crippen LogP contribution is 2.13. The van der Waals surface area contributed by atoms with Crippen LogP contribution in [0.25, 0.3) is 0 Å². The zero-order chi connectivity index (χ0) is 10.6. The summed E-state index contributed by atoms with van der Waals surface area (Å²) in [5.74, 6) is 0.428. The molecule has 0 saturated heterocycles. The summed E-state index contributed by atoms with van der Waals surface area (Å²) < 4.78 is 10.1. The first-order valence-corrected chi connectivity index (χ1v) is 4.11. The topological polar surface area (TPSA) is 68.0 Å². The van der Waals surface area contributed by atoms with E-state index in [0.717, 1.165) is 5.69 Å². The summed E-state index contributed by atoms with van der Waals surface area (Å²) >= 11 is 0. The largest absolute Gasteiger partial charge is 0.481 e. The Morgan fingerprint density at radius 3 is 2.79 bits per heavy atom. The molecule has 0 saturated carbocycles. The second-order valence-electron chi connectivity index (χ2n) is 2.72. The number of rotatable bonds is 3. The lowest BCUT2D eigenvalue weighted by Crippen LogP contribution is -2.11. The van der Waals surface area contributed by atoms with Crippen molar-refractivity contribution in [2.45, 2.75) is 20.0 Å². The molecule has 0 aliphatic heterocycles. The summed E-state index contributed by atoms with van der Waals surface area (Å²) in [6.07, 6.45) is -0.568. The minimum atomic E-state index is -0.568. The Morgan fingerprint density at radius 1 is 1.50 bits per heavy atom. The SMILES string of the molecule is COc1cc(C)nc(OC(C)C#N)n1. The van der Waals surface area contributed by atoms with Gasteiger partial charge in [-0.1, -0.05) is 0 Å². The minimum Gasteiger partial charge on any atom is -0.481 e. The Labute approximate surface area is 82.3 Å². The van der Waals surface area contributed by atoms with Crippen molar-refractivity contribution in [3.8, 4) is 18.0 Å². The summed E-state index contributed by atoms with van der Waals surface area (Å²) in [4.78, 5) is 7.94. The lowest BCUT2D eigenvalue weighted by Gasteiger charge is -2.07. The average Bonchev–Trinajstić information content (AvgIpc) is 2.16. The van der Waals surface area contributed by atoms with Crippen molar-refractivity contribution >= 4 is 0 Å². The third kappa shape index (κ3) is 2.59.